The van der Waals surface area contributed by atoms with Crippen LogP contribution in [0.4, 0.5) is 30.6 Å². The number of alkyl halides is 3. The molecule has 5 rings (SSSR count). The van der Waals surface area contributed by atoms with Gasteiger partial charge in [-0.2, -0.15) is 18.2 Å². The van der Waals surface area contributed by atoms with Gasteiger partial charge in [0.15, 0.2) is 0 Å². The number of carbonyl (C=O) groups excluding carboxylic acids is 1. The molecule has 2 unspecified atom stereocenters. The molecule has 0 bridgehead atoms. The molecule has 1 aromatic carbocycles. The maximum Gasteiger partial charge on any atom is 0.416 e. The second-order valence-electron chi connectivity index (χ2n) is 11.0. The minimum Gasteiger partial charge on any atom is -0.390 e. The van der Waals surface area contributed by atoms with Crippen LogP contribution in [0.3, 0.4) is 0 Å². The summed E-state index contributed by atoms with van der Waals surface area (Å²) in [6.45, 7) is 10.0. The van der Waals surface area contributed by atoms with E-state index in [1.165, 1.54) is 23.2 Å². The topological polar surface area (TPSA) is 131 Å². The van der Waals surface area contributed by atoms with Gasteiger partial charge in [-0.25, -0.2) is 9.97 Å². The Morgan fingerprint density at radius 3 is 2.62 bits per heavy atom. The van der Waals surface area contributed by atoms with Crippen LogP contribution >= 0.6 is 0 Å². The molecule has 0 saturated heterocycles. The lowest BCUT2D eigenvalue weighted by Crippen LogP contribution is -2.22. The molecule has 4 aromatic rings. The molecule has 4 heterocycles. The van der Waals surface area contributed by atoms with Crippen LogP contribution in [-0.2, 0) is 11.0 Å². The average Bonchev–Trinajstić information content (AvgIpc) is 3.66. The number of oxime groups is 1. The number of imidazole rings is 1. The maximum absolute atomic E-state index is 13.7. The smallest absolute Gasteiger partial charge is 0.390 e. The molecule has 1 aliphatic heterocycles. The SMILES string of the molecule is CCC(C)Nc1ncc(C)c(NCC2CC(c3cc(NC(=O)c4cc(-n5cnc(C)c5)cc(C(F)(F)F)c4)cnc3C)=NO2)n1. The van der Waals surface area contributed by atoms with Crippen molar-refractivity contribution >= 4 is 29.1 Å². The van der Waals surface area contributed by atoms with Gasteiger partial charge in [-0.1, -0.05) is 12.1 Å². The molecular weight excluding hydrogens is 587 g/mol. The third-order valence-corrected chi connectivity index (χ3v) is 7.36. The molecule has 3 aromatic heterocycles. The van der Waals surface area contributed by atoms with Crippen molar-refractivity contribution in [3.63, 3.8) is 0 Å². The van der Waals surface area contributed by atoms with Crippen LogP contribution in [0.15, 0.2) is 54.3 Å². The Morgan fingerprint density at radius 2 is 1.91 bits per heavy atom. The Morgan fingerprint density at radius 1 is 1.11 bits per heavy atom. The van der Waals surface area contributed by atoms with Crippen molar-refractivity contribution in [2.75, 3.05) is 22.5 Å². The van der Waals surface area contributed by atoms with Crippen LogP contribution in [0.1, 0.15) is 65.1 Å². The molecule has 1 aliphatic rings. The normalized spacial score (nSPS) is 15.3. The lowest BCUT2D eigenvalue weighted by Gasteiger charge is -2.15. The Kier molecular flexibility index (Phi) is 9.02. The summed E-state index contributed by atoms with van der Waals surface area (Å²) in [5.41, 5.74) is 2.83. The average molecular weight is 622 g/mol. The molecule has 11 nitrogen and oxygen atoms in total. The summed E-state index contributed by atoms with van der Waals surface area (Å²) in [5.74, 6) is 0.515. The lowest BCUT2D eigenvalue weighted by atomic mass is 10.0. The fourth-order valence-electron chi connectivity index (χ4n) is 4.63. The number of amides is 1. The first kappa shape index (κ1) is 31.4. The molecule has 0 saturated carbocycles. The monoisotopic (exact) mass is 621 g/mol. The highest BCUT2D eigenvalue weighted by Crippen LogP contribution is 2.32. The number of benzene rings is 1. The van der Waals surface area contributed by atoms with Crippen molar-refractivity contribution in [1.82, 2.24) is 24.5 Å². The van der Waals surface area contributed by atoms with Gasteiger partial charge in [0.25, 0.3) is 5.91 Å². The number of anilines is 3. The molecule has 14 heteroatoms. The van der Waals surface area contributed by atoms with Gasteiger partial charge in [0, 0.05) is 52.9 Å². The third-order valence-electron chi connectivity index (χ3n) is 7.36. The Balaban J connectivity index is 1.27. The summed E-state index contributed by atoms with van der Waals surface area (Å²) in [4.78, 5) is 36.2. The van der Waals surface area contributed by atoms with Crippen molar-refractivity contribution in [1.29, 1.82) is 0 Å². The van der Waals surface area contributed by atoms with E-state index in [4.69, 9.17) is 4.84 Å². The number of rotatable bonds is 10. The maximum atomic E-state index is 13.7. The van der Waals surface area contributed by atoms with Crippen LogP contribution in [0.25, 0.3) is 5.69 Å². The predicted molar refractivity (Wildman–Crippen MR) is 165 cm³/mol. The fourth-order valence-corrected chi connectivity index (χ4v) is 4.63. The molecule has 0 aliphatic carbocycles. The van der Waals surface area contributed by atoms with E-state index in [0.717, 1.165) is 24.1 Å². The summed E-state index contributed by atoms with van der Waals surface area (Å²) in [7, 11) is 0. The standard InChI is InChI=1S/C31H34F3N9O2/c1-6-18(3)39-30-37-12-17(2)28(41-30)36-14-25-11-27(42-45-25)26-10-23(13-35-20(26)5)40-29(44)21-7-22(31(32,33)34)9-24(8-21)43-15-19(4)38-16-43/h7-10,12-13,15-16,18,25H,6,11,14H2,1-5H3,(H,40,44)(H2,36,37,39,41). The molecular formula is C31H34F3N9O2. The minimum atomic E-state index is -4.65. The molecule has 0 radical (unpaired) electrons. The fraction of sp³-hybridized carbons (Fsp3) is 0.355. The van der Waals surface area contributed by atoms with E-state index in [1.807, 2.05) is 6.92 Å². The van der Waals surface area contributed by atoms with Gasteiger partial charge in [0.05, 0.1) is 41.7 Å². The lowest BCUT2D eigenvalue weighted by molar-refractivity contribution is -0.137. The number of carbonyl (C=O) groups is 1. The predicted octanol–water partition coefficient (Wildman–Crippen LogP) is 6.07. The summed E-state index contributed by atoms with van der Waals surface area (Å²) in [6, 6.07) is 5.10. The summed E-state index contributed by atoms with van der Waals surface area (Å²) in [5, 5.41) is 13.5. The van der Waals surface area contributed by atoms with Crippen LogP contribution in [0.5, 0.6) is 0 Å². The first-order valence-electron chi connectivity index (χ1n) is 14.5. The van der Waals surface area contributed by atoms with Crippen LogP contribution in [0.2, 0.25) is 0 Å². The molecule has 236 valence electrons. The van der Waals surface area contributed by atoms with E-state index in [0.29, 0.717) is 53.1 Å². The van der Waals surface area contributed by atoms with E-state index in [2.05, 4.69) is 54.9 Å². The van der Waals surface area contributed by atoms with E-state index in [9.17, 15) is 18.0 Å². The number of nitrogens with one attached hydrogen (secondary N) is 3. The van der Waals surface area contributed by atoms with Gasteiger partial charge in [0.2, 0.25) is 5.95 Å². The quantitative estimate of drug-likeness (QED) is 0.195. The summed E-state index contributed by atoms with van der Waals surface area (Å²) < 4.78 is 42.5. The number of hydrogen-bond acceptors (Lipinski definition) is 9. The number of hydrogen-bond donors (Lipinski definition) is 3. The van der Waals surface area contributed by atoms with E-state index in [-0.39, 0.29) is 23.4 Å². The molecule has 1 amide bonds. The van der Waals surface area contributed by atoms with Crippen molar-refractivity contribution in [2.24, 2.45) is 5.16 Å². The minimum absolute atomic E-state index is 0.163. The van der Waals surface area contributed by atoms with Gasteiger partial charge < -0.3 is 25.4 Å². The van der Waals surface area contributed by atoms with Crippen molar-refractivity contribution in [3.8, 4) is 5.69 Å². The highest BCUT2D eigenvalue weighted by atomic mass is 19.4. The van der Waals surface area contributed by atoms with E-state index >= 15 is 0 Å². The number of aromatic nitrogens is 5. The zero-order valence-corrected chi connectivity index (χ0v) is 25.5. The molecule has 45 heavy (non-hydrogen) atoms. The number of halogens is 3. The summed E-state index contributed by atoms with van der Waals surface area (Å²) in [6.07, 6.45) is 2.65. The first-order chi connectivity index (χ1) is 21.4. The van der Waals surface area contributed by atoms with E-state index in [1.54, 1.807) is 32.3 Å². The van der Waals surface area contributed by atoms with Crippen LogP contribution < -0.4 is 16.0 Å². The number of aryl methyl sites for hydroxylation is 3. The third kappa shape index (κ3) is 7.56. The molecule has 0 spiro atoms. The highest BCUT2D eigenvalue weighted by Gasteiger charge is 2.32. The molecule has 0 fully saturated rings. The van der Waals surface area contributed by atoms with Crippen molar-refractivity contribution < 1.29 is 22.8 Å². The zero-order valence-electron chi connectivity index (χ0n) is 25.5. The van der Waals surface area contributed by atoms with Crippen molar-refractivity contribution in [3.05, 3.63) is 82.8 Å². The zero-order chi connectivity index (χ0) is 32.3. The van der Waals surface area contributed by atoms with Crippen LogP contribution in [0, 0.1) is 20.8 Å². The van der Waals surface area contributed by atoms with Gasteiger partial charge >= 0.3 is 6.18 Å². The molecule has 3 N–H and O–H groups in total. The number of nitrogens with zero attached hydrogens (tertiary/aromatic N) is 6. The summed E-state index contributed by atoms with van der Waals surface area (Å²) >= 11 is 0. The van der Waals surface area contributed by atoms with Gasteiger partial charge in [0.1, 0.15) is 11.9 Å². The second-order valence-corrected chi connectivity index (χ2v) is 11.0. The Hall–Kier alpha value is -5.01. The highest BCUT2D eigenvalue weighted by molar-refractivity contribution is 6.06. The van der Waals surface area contributed by atoms with Gasteiger partial charge in [-0.3, -0.25) is 9.78 Å². The van der Waals surface area contributed by atoms with E-state index < -0.39 is 17.6 Å². The van der Waals surface area contributed by atoms with Gasteiger partial charge in [-0.05, 0) is 58.4 Å². The molecule has 2 atom stereocenters. The number of pyridine rings is 1. The van der Waals surface area contributed by atoms with Gasteiger partial charge in [-0.15, -0.1) is 0 Å². The first-order valence-corrected chi connectivity index (χ1v) is 14.5. The van der Waals surface area contributed by atoms with Crippen LogP contribution in [-0.4, -0.2) is 54.8 Å². The largest absolute Gasteiger partial charge is 0.416 e. The van der Waals surface area contributed by atoms with Crippen molar-refractivity contribution in [2.45, 2.75) is 65.8 Å². The second kappa shape index (κ2) is 12.9. The Bertz CT molecular complexity index is 1740. The Labute approximate surface area is 258 Å².